The van der Waals surface area contributed by atoms with Crippen LogP contribution >= 0.6 is 0 Å². The summed E-state index contributed by atoms with van der Waals surface area (Å²) in [7, 11) is 0. The minimum atomic E-state index is -0.516. The maximum absolute atomic E-state index is 11.3. The van der Waals surface area contributed by atoms with Crippen molar-refractivity contribution in [3.05, 3.63) is 47.2 Å². The monoisotopic (exact) mass is 242 g/mol. The molecule has 0 aliphatic heterocycles. The Kier molecular flexibility index (Phi) is 4.69. The fraction of sp³-hybridized carbons (Fsp3) is 0.412. The number of allylic oxidation sites excluding steroid dienone is 1. The van der Waals surface area contributed by atoms with E-state index in [9.17, 15) is 4.79 Å². The van der Waals surface area contributed by atoms with Gasteiger partial charge < -0.3 is 4.79 Å². The van der Waals surface area contributed by atoms with Crippen LogP contribution in [0.5, 0.6) is 0 Å². The smallest absolute Gasteiger partial charge is 0.130 e. The molecular weight excluding hydrogens is 220 g/mol. The molecule has 0 spiro atoms. The van der Waals surface area contributed by atoms with E-state index in [1.807, 2.05) is 44.2 Å². The van der Waals surface area contributed by atoms with Gasteiger partial charge in [-0.05, 0) is 37.8 Å². The van der Waals surface area contributed by atoms with Crippen LogP contribution in [-0.2, 0) is 4.79 Å². The summed E-state index contributed by atoms with van der Waals surface area (Å²) in [5, 5.41) is 0. The molecule has 0 saturated carbocycles. The van der Waals surface area contributed by atoms with Crippen LogP contribution in [0.4, 0.5) is 0 Å². The summed E-state index contributed by atoms with van der Waals surface area (Å²) < 4.78 is 0. The number of hydrogen-bond acceptors (Lipinski definition) is 1. The Labute approximate surface area is 110 Å². The molecule has 0 heterocycles. The zero-order valence-electron chi connectivity index (χ0n) is 11.9. The number of aldehydes is 1. The van der Waals surface area contributed by atoms with Crippen molar-refractivity contribution in [3.63, 3.8) is 0 Å². The second kappa shape index (κ2) is 5.84. The molecule has 1 aromatic carbocycles. The van der Waals surface area contributed by atoms with E-state index in [-0.39, 0.29) is 0 Å². The largest absolute Gasteiger partial charge is 0.302 e. The quantitative estimate of drug-likeness (QED) is 0.561. The van der Waals surface area contributed by atoms with Crippen LogP contribution in [0.25, 0.3) is 5.57 Å². The molecule has 0 bridgehead atoms. The summed E-state index contributed by atoms with van der Waals surface area (Å²) in [6, 6.07) is 10.0. The topological polar surface area (TPSA) is 17.1 Å². The molecule has 0 amide bonds. The highest BCUT2D eigenvalue weighted by Crippen LogP contribution is 2.32. The second-order valence-corrected chi connectivity index (χ2v) is 5.54. The molecule has 1 nitrogen and oxygen atoms in total. The lowest BCUT2D eigenvalue weighted by Crippen LogP contribution is -2.15. The van der Waals surface area contributed by atoms with Crippen molar-refractivity contribution in [3.8, 4) is 0 Å². The molecule has 1 aromatic rings. The van der Waals surface area contributed by atoms with Crippen LogP contribution in [0.1, 0.15) is 40.2 Å². The first-order chi connectivity index (χ1) is 8.38. The molecule has 0 saturated heterocycles. The Balaban J connectivity index is 3.48. The zero-order valence-corrected chi connectivity index (χ0v) is 11.9. The minimum absolute atomic E-state index is 0.436. The lowest BCUT2D eigenvalue weighted by atomic mass is 9.81. The van der Waals surface area contributed by atoms with Crippen LogP contribution in [-0.4, -0.2) is 6.29 Å². The van der Waals surface area contributed by atoms with Gasteiger partial charge in [-0.15, -0.1) is 5.73 Å². The maximum atomic E-state index is 11.3. The SMILES string of the molecule is CC(=C=C(c1ccccc1)C(C)(C)C=O)C(C)C. The number of hydrogen-bond donors (Lipinski definition) is 0. The van der Waals surface area contributed by atoms with Gasteiger partial charge in [0.25, 0.3) is 0 Å². The summed E-state index contributed by atoms with van der Waals surface area (Å²) in [5.74, 6) is 0.436. The molecule has 1 heteroatoms. The van der Waals surface area contributed by atoms with Gasteiger partial charge in [0, 0.05) is 5.57 Å². The van der Waals surface area contributed by atoms with E-state index in [2.05, 4.69) is 26.5 Å². The molecule has 0 fully saturated rings. The van der Waals surface area contributed by atoms with Gasteiger partial charge in [0.1, 0.15) is 6.29 Å². The summed E-state index contributed by atoms with van der Waals surface area (Å²) in [5.41, 5.74) is 6.11. The van der Waals surface area contributed by atoms with Crippen molar-refractivity contribution in [1.82, 2.24) is 0 Å². The Morgan fingerprint density at radius 2 is 1.78 bits per heavy atom. The van der Waals surface area contributed by atoms with Gasteiger partial charge in [-0.3, -0.25) is 0 Å². The molecule has 1 rings (SSSR count). The van der Waals surface area contributed by atoms with Gasteiger partial charge in [-0.2, -0.15) is 0 Å². The van der Waals surface area contributed by atoms with Crippen molar-refractivity contribution in [2.45, 2.75) is 34.6 Å². The fourth-order valence-corrected chi connectivity index (χ4v) is 1.61. The highest BCUT2D eigenvalue weighted by Gasteiger charge is 2.24. The van der Waals surface area contributed by atoms with Gasteiger partial charge in [0.15, 0.2) is 0 Å². The van der Waals surface area contributed by atoms with Crippen molar-refractivity contribution in [2.75, 3.05) is 0 Å². The first-order valence-electron chi connectivity index (χ1n) is 6.38. The third-order valence-corrected chi connectivity index (χ3v) is 3.19. The van der Waals surface area contributed by atoms with E-state index in [0.29, 0.717) is 5.92 Å². The van der Waals surface area contributed by atoms with E-state index in [1.165, 1.54) is 5.57 Å². The predicted octanol–water partition coefficient (Wildman–Crippen LogP) is 4.50. The van der Waals surface area contributed by atoms with Crippen LogP contribution in [0, 0.1) is 11.3 Å². The summed E-state index contributed by atoms with van der Waals surface area (Å²) in [6.45, 7) is 10.2. The van der Waals surface area contributed by atoms with E-state index < -0.39 is 5.41 Å². The van der Waals surface area contributed by atoms with Crippen LogP contribution in [0.15, 0.2) is 41.6 Å². The van der Waals surface area contributed by atoms with E-state index >= 15 is 0 Å². The number of rotatable bonds is 4. The van der Waals surface area contributed by atoms with Gasteiger partial charge in [-0.25, -0.2) is 0 Å². The Morgan fingerprint density at radius 1 is 1.22 bits per heavy atom. The van der Waals surface area contributed by atoms with Crippen molar-refractivity contribution in [1.29, 1.82) is 0 Å². The zero-order chi connectivity index (χ0) is 13.8. The number of benzene rings is 1. The molecule has 96 valence electrons. The van der Waals surface area contributed by atoms with Crippen molar-refractivity contribution in [2.24, 2.45) is 11.3 Å². The molecule has 0 unspecified atom stereocenters. The van der Waals surface area contributed by atoms with Crippen LogP contribution < -0.4 is 0 Å². The predicted molar refractivity (Wildman–Crippen MR) is 77.2 cm³/mol. The van der Waals surface area contributed by atoms with E-state index in [4.69, 9.17) is 0 Å². The molecule has 0 radical (unpaired) electrons. The Hall–Kier alpha value is -1.59. The molecule has 0 aliphatic rings. The average molecular weight is 242 g/mol. The standard InChI is InChI=1S/C17H22O/c1-13(2)14(3)11-16(17(4,5)12-18)15-9-7-6-8-10-15/h6-10,12-13H,1-5H3. The number of carbonyl (C=O) groups excluding carboxylic acids is 1. The summed E-state index contributed by atoms with van der Waals surface area (Å²) >= 11 is 0. The van der Waals surface area contributed by atoms with Gasteiger partial charge in [0.05, 0.1) is 5.41 Å². The Bertz CT molecular complexity index is 472. The summed E-state index contributed by atoms with van der Waals surface area (Å²) in [6.07, 6.45) is 0.996. The molecule has 0 atom stereocenters. The van der Waals surface area contributed by atoms with Crippen LogP contribution in [0.3, 0.4) is 0 Å². The molecule has 0 aromatic heterocycles. The normalized spacial score (nSPS) is 11.0. The Morgan fingerprint density at radius 3 is 2.22 bits per heavy atom. The molecule has 0 N–H and O–H groups in total. The average Bonchev–Trinajstić information content (AvgIpc) is 2.36. The summed E-state index contributed by atoms with van der Waals surface area (Å²) in [4.78, 5) is 11.3. The lowest BCUT2D eigenvalue weighted by Gasteiger charge is -2.20. The molecule has 0 aliphatic carbocycles. The first-order valence-corrected chi connectivity index (χ1v) is 6.38. The molecule has 18 heavy (non-hydrogen) atoms. The van der Waals surface area contributed by atoms with E-state index in [0.717, 1.165) is 17.4 Å². The second-order valence-electron chi connectivity index (χ2n) is 5.54. The highest BCUT2D eigenvalue weighted by atomic mass is 16.1. The van der Waals surface area contributed by atoms with Gasteiger partial charge >= 0.3 is 0 Å². The highest BCUT2D eigenvalue weighted by molar-refractivity contribution is 5.84. The van der Waals surface area contributed by atoms with Gasteiger partial charge in [0.2, 0.25) is 0 Å². The van der Waals surface area contributed by atoms with Crippen molar-refractivity contribution >= 4 is 11.9 Å². The van der Waals surface area contributed by atoms with Crippen LogP contribution in [0.2, 0.25) is 0 Å². The third kappa shape index (κ3) is 3.45. The first kappa shape index (κ1) is 14.5. The lowest BCUT2D eigenvalue weighted by molar-refractivity contribution is -0.112. The van der Waals surface area contributed by atoms with Crippen molar-refractivity contribution < 1.29 is 4.79 Å². The third-order valence-electron chi connectivity index (χ3n) is 3.19. The minimum Gasteiger partial charge on any atom is -0.302 e. The molecular formula is C17H22O. The fourth-order valence-electron chi connectivity index (χ4n) is 1.61. The maximum Gasteiger partial charge on any atom is 0.130 e. The van der Waals surface area contributed by atoms with Gasteiger partial charge in [-0.1, -0.05) is 44.2 Å². The number of carbonyl (C=O) groups is 1. The van der Waals surface area contributed by atoms with E-state index in [1.54, 1.807) is 0 Å².